The third kappa shape index (κ3) is 4.42. The first-order chi connectivity index (χ1) is 8.52. The first kappa shape index (κ1) is 14.0. The average Bonchev–Trinajstić information content (AvgIpc) is 2.36. The summed E-state index contributed by atoms with van der Waals surface area (Å²) in [5.74, 6) is -0.382. The van der Waals surface area contributed by atoms with Gasteiger partial charge >= 0.3 is 0 Å². The lowest BCUT2D eigenvalue weighted by atomic mass is 10.2. The maximum atomic E-state index is 11.7. The second-order valence-electron chi connectivity index (χ2n) is 3.84. The number of amides is 2. The van der Waals surface area contributed by atoms with E-state index in [1.54, 1.807) is 31.2 Å². The predicted octanol–water partition coefficient (Wildman–Crippen LogP) is -0.339. The fourth-order valence-electron chi connectivity index (χ4n) is 1.21. The molecule has 98 valence electrons. The van der Waals surface area contributed by atoms with E-state index in [0.29, 0.717) is 11.3 Å². The minimum atomic E-state index is -0.561. The van der Waals surface area contributed by atoms with Crippen molar-refractivity contribution >= 4 is 11.8 Å². The molecule has 0 bridgehead atoms. The Labute approximate surface area is 105 Å². The highest BCUT2D eigenvalue weighted by Gasteiger charge is 2.08. The summed E-state index contributed by atoms with van der Waals surface area (Å²) in [6.45, 7) is 1.38. The van der Waals surface area contributed by atoms with E-state index < -0.39 is 5.91 Å². The van der Waals surface area contributed by atoms with Crippen molar-refractivity contribution in [1.82, 2.24) is 5.32 Å². The molecule has 0 saturated carbocycles. The zero-order valence-corrected chi connectivity index (χ0v) is 10.1. The van der Waals surface area contributed by atoms with Crippen LogP contribution in [0.2, 0.25) is 0 Å². The Hall–Kier alpha value is -2.08. The molecule has 4 N–H and O–H groups in total. The van der Waals surface area contributed by atoms with Gasteiger partial charge in [-0.3, -0.25) is 9.59 Å². The first-order valence-electron chi connectivity index (χ1n) is 5.46. The molecule has 1 atom stereocenters. The number of benzene rings is 1. The summed E-state index contributed by atoms with van der Waals surface area (Å²) in [7, 11) is 0. The molecular formula is C12H16N2O4. The fourth-order valence-corrected chi connectivity index (χ4v) is 1.21. The van der Waals surface area contributed by atoms with E-state index >= 15 is 0 Å². The van der Waals surface area contributed by atoms with Crippen molar-refractivity contribution in [2.45, 2.75) is 13.0 Å². The highest BCUT2D eigenvalue weighted by Crippen LogP contribution is 2.12. The van der Waals surface area contributed by atoms with Crippen molar-refractivity contribution in [1.29, 1.82) is 0 Å². The van der Waals surface area contributed by atoms with E-state index in [2.05, 4.69) is 5.32 Å². The number of aliphatic hydroxyl groups excluding tert-OH is 1. The number of primary amides is 1. The average molecular weight is 252 g/mol. The molecule has 6 nitrogen and oxygen atoms in total. The lowest BCUT2D eigenvalue weighted by Crippen LogP contribution is -2.34. The highest BCUT2D eigenvalue weighted by atomic mass is 16.5. The van der Waals surface area contributed by atoms with E-state index in [4.69, 9.17) is 15.6 Å². The molecular weight excluding hydrogens is 236 g/mol. The largest absolute Gasteiger partial charge is 0.484 e. The number of carbonyl (C=O) groups excluding carboxylic acids is 2. The SMILES string of the molecule is CC(CO)NC(=O)c1ccc(OCC(N)=O)cc1. The molecule has 1 aromatic rings. The van der Waals surface area contributed by atoms with Crippen molar-refractivity contribution in [2.24, 2.45) is 5.73 Å². The van der Waals surface area contributed by atoms with Crippen LogP contribution in [0, 0.1) is 0 Å². The Kier molecular flexibility index (Phi) is 5.13. The van der Waals surface area contributed by atoms with Crippen molar-refractivity contribution in [2.75, 3.05) is 13.2 Å². The maximum Gasteiger partial charge on any atom is 0.255 e. The van der Waals surface area contributed by atoms with Gasteiger partial charge in [0.1, 0.15) is 5.75 Å². The zero-order chi connectivity index (χ0) is 13.5. The topological polar surface area (TPSA) is 102 Å². The van der Waals surface area contributed by atoms with Gasteiger partial charge in [0.25, 0.3) is 11.8 Å². The smallest absolute Gasteiger partial charge is 0.255 e. The molecule has 0 aliphatic carbocycles. The van der Waals surface area contributed by atoms with Crippen molar-refractivity contribution in [3.05, 3.63) is 29.8 Å². The van der Waals surface area contributed by atoms with Crippen LogP contribution in [0.3, 0.4) is 0 Å². The number of nitrogens with two attached hydrogens (primary N) is 1. The summed E-state index contributed by atoms with van der Waals surface area (Å²) in [6.07, 6.45) is 0. The van der Waals surface area contributed by atoms with Gasteiger partial charge in [0, 0.05) is 11.6 Å². The van der Waals surface area contributed by atoms with E-state index in [9.17, 15) is 9.59 Å². The third-order valence-electron chi connectivity index (χ3n) is 2.15. The third-order valence-corrected chi connectivity index (χ3v) is 2.15. The van der Waals surface area contributed by atoms with Crippen LogP contribution in [0.4, 0.5) is 0 Å². The standard InChI is InChI=1S/C12H16N2O4/c1-8(6-15)14-12(17)9-2-4-10(5-3-9)18-7-11(13)16/h2-5,8,15H,6-7H2,1H3,(H2,13,16)(H,14,17). The Morgan fingerprint density at radius 1 is 1.39 bits per heavy atom. The molecule has 6 heteroatoms. The number of carbonyl (C=O) groups is 2. The molecule has 0 fully saturated rings. The molecule has 1 unspecified atom stereocenters. The number of ether oxygens (including phenoxy) is 1. The van der Waals surface area contributed by atoms with Crippen LogP contribution < -0.4 is 15.8 Å². The van der Waals surface area contributed by atoms with Gasteiger partial charge in [-0.1, -0.05) is 0 Å². The van der Waals surface area contributed by atoms with Crippen LogP contribution in [-0.4, -0.2) is 36.2 Å². The molecule has 0 spiro atoms. The fraction of sp³-hybridized carbons (Fsp3) is 0.333. The van der Waals surface area contributed by atoms with E-state index in [1.165, 1.54) is 0 Å². The summed E-state index contributed by atoms with van der Waals surface area (Å²) in [6, 6.07) is 5.97. The van der Waals surface area contributed by atoms with Gasteiger partial charge in [-0.05, 0) is 31.2 Å². The van der Waals surface area contributed by atoms with Crippen LogP contribution in [0.1, 0.15) is 17.3 Å². The molecule has 18 heavy (non-hydrogen) atoms. The summed E-state index contributed by atoms with van der Waals surface area (Å²) >= 11 is 0. The van der Waals surface area contributed by atoms with E-state index in [0.717, 1.165) is 0 Å². The van der Waals surface area contributed by atoms with Crippen LogP contribution >= 0.6 is 0 Å². The number of aliphatic hydroxyl groups is 1. The molecule has 0 radical (unpaired) electrons. The molecule has 2 amide bonds. The van der Waals surface area contributed by atoms with Crippen molar-refractivity contribution in [3.63, 3.8) is 0 Å². The summed E-state index contributed by atoms with van der Waals surface area (Å²) in [4.78, 5) is 22.2. The minimum Gasteiger partial charge on any atom is -0.484 e. The Morgan fingerprint density at radius 3 is 2.50 bits per heavy atom. The quantitative estimate of drug-likeness (QED) is 0.644. The van der Waals surface area contributed by atoms with Gasteiger partial charge in [0.2, 0.25) is 0 Å². The molecule has 1 aromatic carbocycles. The summed E-state index contributed by atoms with van der Waals surface area (Å²) < 4.78 is 5.06. The molecule has 1 rings (SSSR count). The number of rotatable bonds is 6. The van der Waals surface area contributed by atoms with Crippen LogP contribution in [0.25, 0.3) is 0 Å². The zero-order valence-electron chi connectivity index (χ0n) is 10.1. The lowest BCUT2D eigenvalue weighted by molar-refractivity contribution is -0.119. The number of hydrogen-bond donors (Lipinski definition) is 3. The van der Waals surface area contributed by atoms with Crippen molar-refractivity contribution in [3.8, 4) is 5.75 Å². The van der Waals surface area contributed by atoms with Gasteiger partial charge in [-0.2, -0.15) is 0 Å². The minimum absolute atomic E-state index is 0.119. The van der Waals surface area contributed by atoms with Gasteiger partial charge in [0.05, 0.1) is 6.61 Å². The van der Waals surface area contributed by atoms with Gasteiger partial charge in [-0.25, -0.2) is 0 Å². The molecule has 0 aliphatic rings. The molecule has 0 heterocycles. The van der Waals surface area contributed by atoms with Crippen molar-refractivity contribution < 1.29 is 19.4 Å². The van der Waals surface area contributed by atoms with E-state index in [-0.39, 0.29) is 25.2 Å². The summed E-state index contributed by atoms with van der Waals surface area (Å²) in [5, 5.41) is 11.4. The molecule has 0 aliphatic heterocycles. The second kappa shape index (κ2) is 6.61. The van der Waals surface area contributed by atoms with Crippen LogP contribution in [-0.2, 0) is 4.79 Å². The van der Waals surface area contributed by atoms with Gasteiger partial charge in [-0.15, -0.1) is 0 Å². The molecule has 0 saturated heterocycles. The first-order valence-corrected chi connectivity index (χ1v) is 5.46. The Balaban J connectivity index is 2.59. The predicted molar refractivity (Wildman–Crippen MR) is 65.1 cm³/mol. The Morgan fingerprint density at radius 2 is 2.00 bits per heavy atom. The number of nitrogens with one attached hydrogen (secondary N) is 1. The molecule has 0 aromatic heterocycles. The number of hydrogen-bond acceptors (Lipinski definition) is 4. The Bertz CT molecular complexity index is 417. The lowest BCUT2D eigenvalue weighted by Gasteiger charge is -2.11. The highest BCUT2D eigenvalue weighted by molar-refractivity contribution is 5.94. The van der Waals surface area contributed by atoms with Crippen LogP contribution in [0.5, 0.6) is 5.75 Å². The summed E-state index contributed by atoms with van der Waals surface area (Å²) in [5.41, 5.74) is 5.38. The van der Waals surface area contributed by atoms with E-state index in [1.807, 2.05) is 0 Å². The van der Waals surface area contributed by atoms with Crippen LogP contribution in [0.15, 0.2) is 24.3 Å². The maximum absolute atomic E-state index is 11.7. The monoisotopic (exact) mass is 252 g/mol. The normalized spacial score (nSPS) is 11.7. The van der Waals surface area contributed by atoms with Gasteiger partial charge < -0.3 is 20.9 Å². The second-order valence-corrected chi connectivity index (χ2v) is 3.84. The van der Waals surface area contributed by atoms with Gasteiger partial charge in [0.15, 0.2) is 6.61 Å².